The van der Waals surface area contributed by atoms with Crippen LogP contribution in [0.2, 0.25) is 0 Å². The van der Waals surface area contributed by atoms with E-state index in [2.05, 4.69) is 34.3 Å². The molecule has 3 heterocycles. The zero-order chi connectivity index (χ0) is 17.6. The van der Waals surface area contributed by atoms with Gasteiger partial charge in [-0.25, -0.2) is 9.97 Å². The van der Waals surface area contributed by atoms with Crippen LogP contribution in [0.5, 0.6) is 0 Å². The molecule has 134 valence electrons. The van der Waals surface area contributed by atoms with Gasteiger partial charge in [-0.1, -0.05) is 0 Å². The first kappa shape index (κ1) is 17.8. The van der Waals surface area contributed by atoms with Crippen molar-refractivity contribution in [1.29, 1.82) is 0 Å². The molecule has 0 aliphatic carbocycles. The van der Waals surface area contributed by atoms with Crippen molar-refractivity contribution in [2.75, 3.05) is 45.6 Å². The third-order valence-corrected chi connectivity index (χ3v) is 5.16. The van der Waals surface area contributed by atoms with Crippen LogP contribution in [0.4, 0.5) is 5.82 Å². The van der Waals surface area contributed by atoms with Gasteiger partial charge in [0.2, 0.25) is 5.91 Å². The minimum atomic E-state index is 0.196. The van der Waals surface area contributed by atoms with E-state index >= 15 is 0 Å². The van der Waals surface area contributed by atoms with Crippen molar-refractivity contribution >= 4 is 23.1 Å². The molecule has 25 heavy (non-hydrogen) atoms. The van der Waals surface area contributed by atoms with E-state index in [-0.39, 0.29) is 5.91 Å². The van der Waals surface area contributed by atoms with Crippen LogP contribution < -0.4 is 5.32 Å². The number of anilines is 1. The Kier molecular flexibility index (Phi) is 5.99. The van der Waals surface area contributed by atoms with Crippen LogP contribution >= 0.6 is 11.3 Å². The summed E-state index contributed by atoms with van der Waals surface area (Å²) in [4.78, 5) is 25.5. The molecule has 0 atom stereocenters. The minimum absolute atomic E-state index is 0.196. The molecule has 0 radical (unpaired) electrons. The number of hydrogen-bond donors (Lipinski definition) is 1. The summed E-state index contributed by atoms with van der Waals surface area (Å²) in [6.45, 7) is 3.25. The number of nitrogens with one attached hydrogen (secondary N) is 1. The highest BCUT2D eigenvalue weighted by atomic mass is 32.1. The molecule has 3 rings (SSSR count). The molecular weight excluding hydrogens is 334 g/mol. The Balaban J connectivity index is 1.64. The van der Waals surface area contributed by atoms with Gasteiger partial charge in [-0.2, -0.15) is 11.3 Å². The number of hydrogen-bond acceptors (Lipinski definition) is 6. The van der Waals surface area contributed by atoms with E-state index in [1.165, 1.54) is 0 Å². The first-order valence-corrected chi connectivity index (χ1v) is 9.58. The number of likely N-dealkylation sites (N-methyl/N-ethyl adjacent to an activating group) is 1. The van der Waals surface area contributed by atoms with E-state index in [9.17, 15) is 4.79 Å². The number of amides is 1. The van der Waals surface area contributed by atoms with Crippen molar-refractivity contribution in [2.24, 2.45) is 0 Å². The summed E-state index contributed by atoms with van der Waals surface area (Å²) in [5, 5.41) is 7.48. The molecule has 2 aromatic heterocycles. The lowest BCUT2D eigenvalue weighted by Gasteiger charge is -2.20. The van der Waals surface area contributed by atoms with Gasteiger partial charge in [0.1, 0.15) is 12.1 Å². The fraction of sp³-hybridized carbons (Fsp3) is 0.500. The third kappa shape index (κ3) is 4.76. The SMILES string of the molecule is CN(C)CCNc1ncnc2c1CCN(C(=O)Cc1ccsc1)CC2. The molecule has 1 aliphatic rings. The average molecular weight is 359 g/mol. The molecule has 7 heteroatoms. The van der Waals surface area contributed by atoms with Crippen LogP contribution in [0.3, 0.4) is 0 Å². The number of nitrogens with zero attached hydrogens (tertiary/aromatic N) is 4. The first-order chi connectivity index (χ1) is 12.1. The molecule has 1 N–H and O–H groups in total. The normalized spacial score (nSPS) is 14.3. The monoisotopic (exact) mass is 359 g/mol. The summed E-state index contributed by atoms with van der Waals surface area (Å²) in [5.41, 5.74) is 3.32. The van der Waals surface area contributed by atoms with Crippen molar-refractivity contribution in [3.63, 3.8) is 0 Å². The molecular formula is C18H25N5OS. The Hall–Kier alpha value is -1.99. The molecule has 0 saturated carbocycles. The number of carbonyl (C=O) groups is 1. The van der Waals surface area contributed by atoms with E-state index in [1.54, 1.807) is 17.7 Å². The highest BCUT2D eigenvalue weighted by Crippen LogP contribution is 2.21. The maximum Gasteiger partial charge on any atom is 0.227 e. The van der Waals surface area contributed by atoms with Crippen LogP contribution in [0.15, 0.2) is 23.2 Å². The molecule has 0 saturated heterocycles. The largest absolute Gasteiger partial charge is 0.368 e. The Morgan fingerprint density at radius 1 is 1.32 bits per heavy atom. The van der Waals surface area contributed by atoms with E-state index in [4.69, 9.17) is 0 Å². The standard InChI is InChI=1S/C18H25N5OS/c1-22(2)9-6-19-18-15-3-7-23(8-4-16(15)20-13-21-18)17(24)11-14-5-10-25-12-14/h5,10,12-13H,3-4,6-9,11H2,1-2H3,(H,19,20,21). The Morgan fingerprint density at radius 2 is 2.16 bits per heavy atom. The van der Waals surface area contributed by atoms with Crippen molar-refractivity contribution in [1.82, 2.24) is 19.8 Å². The predicted molar refractivity (Wildman–Crippen MR) is 101 cm³/mol. The number of rotatable bonds is 6. The lowest BCUT2D eigenvalue weighted by Crippen LogP contribution is -2.34. The van der Waals surface area contributed by atoms with Gasteiger partial charge < -0.3 is 15.1 Å². The second kappa shape index (κ2) is 8.40. The zero-order valence-corrected chi connectivity index (χ0v) is 15.7. The summed E-state index contributed by atoms with van der Waals surface area (Å²) in [7, 11) is 4.11. The van der Waals surface area contributed by atoms with Crippen molar-refractivity contribution in [2.45, 2.75) is 19.3 Å². The van der Waals surface area contributed by atoms with E-state index < -0.39 is 0 Å². The smallest absolute Gasteiger partial charge is 0.227 e. The summed E-state index contributed by atoms with van der Waals surface area (Å²) < 4.78 is 0. The fourth-order valence-electron chi connectivity index (χ4n) is 3.01. The van der Waals surface area contributed by atoms with Crippen LogP contribution in [-0.4, -0.2) is 65.9 Å². The average Bonchev–Trinajstić information content (AvgIpc) is 2.98. The maximum absolute atomic E-state index is 12.6. The van der Waals surface area contributed by atoms with Gasteiger partial charge in [-0.15, -0.1) is 0 Å². The molecule has 0 bridgehead atoms. The Labute approximate surface area is 152 Å². The van der Waals surface area contributed by atoms with Crippen LogP contribution in [0.1, 0.15) is 16.8 Å². The molecule has 6 nitrogen and oxygen atoms in total. The Bertz CT molecular complexity index is 701. The van der Waals surface area contributed by atoms with Crippen molar-refractivity contribution < 1.29 is 4.79 Å². The third-order valence-electron chi connectivity index (χ3n) is 4.42. The van der Waals surface area contributed by atoms with E-state index in [0.29, 0.717) is 6.42 Å². The lowest BCUT2D eigenvalue weighted by molar-refractivity contribution is -0.130. The molecule has 0 fully saturated rings. The lowest BCUT2D eigenvalue weighted by atomic mass is 10.1. The second-order valence-corrected chi connectivity index (χ2v) is 7.35. The van der Waals surface area contributed by atoms with Gasteiger partial charge in [0.25, 0.3) is 0 Å². The molecule has 1 amide bonds. The van der Waals surface area contributed by atoms with Crippen molar-refractivity contribution in [3.8, 4) is 0 Å². The molecule has 2 aromatic rings. The minimum Gasteiger partial charge on any atom is -0.368 e. The van der Waals surface area contributed by atoms with Crippen molar-refractivity contribution in [3.05, 3.63) is 40.0 Å². The maximum atomic E-state index is 12.6. The van der Waals surface area contributed by atoms with Crippen LogP contribution in [-0.2, 0) is 24.1 Å². The number of aromatic nitrogens is 2. The molecule has 0 unspecified atom stereocenters. The van der Waals surface area contributed by atoms with Gasteiger partial charge in [0, 0.05) is 38.2 Å². The van der Waals surface area contributed by atoms with Gasteiger partial charge >= 0.3 is 0 Å². The highest BCUT2D eigenvalue weighted by molar-refractivity contribution is 7.08. The number of fused-ring (bicyclic) bond motifs is 1. The van der Waals surface area contributed by atoms with Gasteiger partial charge in [0.15, 0.2) is 0 Å². The van der Waals surface area contributed by atoms with Crippen LogP contribution in [0.25, 0.3) is 0 Å². The second-order valence-electron chi connectivity index (χ2n) is 6.57. The number of thiophene rings is 1. The fourth-order valence-corrected chi connectivity index (χ4v) is 3.67. The Morgan fingerprint density at radius 3 is 2.92 bits per heavy atom. The zero-order valence-electron chi connectivity index (χ0n) is 14.9. The quantitative estimate of drug-likeness (QED) is 0.850. The first-order valence-electron chi connectivity index (χ1n) is 8.63. The van der Waals surface area contributed by atoms with Gasteiger partial charge in [-0.3, -0.25) is 4.79 Å². The molecule has 0 spiro atoms. The summed E-state index contributed by atoms with van der Waals surface area (Å²) >= 11 is 1.63. The van der Waals surface area contributed by atoms with E-state index in [0.717, 1.165) is 61.7 Å². The summed E-state index contributed by atoms with van der Waals surface area (Å²) in [6.07, 6.45) is 3.70. The molecule has 1 aliphatic heterocycles. The summed E-state index contributed by atoms with van der Waals surface area (Å²) in [6, 6.07) is 2.02. The van der Waals surface area contributed by atoms with Gasteiger partial charge in [-0.05, 0) is 42.9 Å². The molecule has 0 aromatic carbocycles. The van der Waals surface area contributed by atoms with Gasteiger partial charge in [0.05, 0.1) is 12.1 Å². The number of carbonyl (C=O) groups excluding carboxylic acids is 1. The van der Waals surface area contributed by atoms with E-state index in [1.807, 2.05) is 21.7 Å². The predicted octanol–water partition coefficient (Wildman–Crippen LogP) is 1.68. The summed E-state index contributed by atoms with van der Waals surface area (Å²) in [5.74, 6) is 1.11. The highest BCUT2D eigenvalue weighted by Gasteiger charge is 2.21. The van der Waals surface area contributed by atoms with Crippen LogP contribution in [0, 0.1) is 0 Å². The topological polar surface area (TPSA) is 61.4 Å².